The number of aromatic hydroxyl groups is 1. The third kappa shape index (κ3) is 2.29. The van der Waals surface area contributed by atoms with E-state index < -0.39 is 17.6 Å². The minimum Gasteiger partial charge on any atom is -0.507 e. The zero-order chi connectivity index (χ0) is 13.1. The second kappa shape index (κ2) is 4.58. The number of hydrogen-bond donors (Lipinski definition) is 3. The van der Waals surface area contributed by atoms with Crippen molar-refractivity contribution in [1.29, 1.82) is 0 Å². The molecular weight excluding hydrogens is 240 g/mol. The van der Waals surface area contributed by atoms with Gasteiger partial charge in [-0.3, -0.25) is 4.79 Å². The Balaban J connectivity index is 2.18. The van der Waals surface area contributed by atoms with Gasteiger partial charge in [0, 0.05) is 17.8 Å². The highest BCUT2D eigenvalue weighted by molar-refractivity contribution is 6.03. The molecule has 1 aromatic heterocycles. The average Bonchev–Trinajstić information content (AvgIpc) is 2.81. The molecule has 7 heteroatoms. The highest BCUT2D eigenvalue weighted by Gasteiger charge is 2.13. The number of aromatic nitrogens is 1. The lowest BCUT2D eigenvalue weighted by Crippen LogP contribution is -2.12. The molecule has 0 spiro atoms. The van der Waals surface area contributed by atoms with Crippen molar-refractivity contribution in [3.05, 3.63) is 41.8 Å². The number of nitrogens with one attached hydrogen (secondary N) is 1. The monoisotopic (exact) mass is 248 g/mol. The van der Waals surface area contributed by atoms with Crippen LogP contribution in [0.5, 0.6) is 5.75 Å². The molecule has 0 radical (unpaired) electrons. The molecule has 1 amide bonds. The van der Waals surface area contributed by atoms with Crippen molar-refractivity contribution in [3.63, 3.8) is 0 Å². The number of anilines is 1. The average molecular weight is 248 g/mol. The van der Waals surface area contributed by atoms with Crippen LogP contribution in [0.25, 0.3) is 0 Å². The molecule has 1 heterocycles. The largest absolute Gasteiger partial charge is 0.507 e. The van der Waals surface area contributed by atoms with Gasteiger partial charge in [0.2, 0.25) is 0 Å². The standard InChI is InChI=1S/C11H8N2O5/c14-9-5-6(1-2-7(9)11(16)17)12-10(15)8-3-4-18-13-8/h1-5,14H,(H,12,15)(H,16,17). The maximum absolute atomic E-state index is 11.6. The van der Waals surface area contributed by atoms with Crippen LogP contribution in [0.1, 0.15) is 20.8 Å². The molecule has 2 rings (SSSR count). The molecule has 0 fully saturated rings. The fourth-order valence-electron chi connectivity index (χ4n) is 1.32. The summed E-state index contributed by atoms with van der Waals surface area (Å²) in [5.74, 6) is -2.20. The first-order valence-electron chi connectivity index (χ1n) is 4.86. The van der Waals surface area contributed by atoms with Crippen LogP contribution >= 0.6 is 0 Å². The summed E-state index contributed by atoms with van der Waals surface area (Å²) in [4.78, 5) is 22.2. The molecule has 0 aliphatic heterocycles. The van der Waals surface area contributed by atoms with E-state index in [2.05, 4.69) is 15.0 Å². The number of hydrogen-bond acceptors (Lipinski definition) is 5. The summed E-state index contributed by atoms with van der Waals surface area (Å²) in [5, 5.41) is 24.0. The molecule has 0 saturated carbocycles. The van der Waals surface area contributed by atoms with E-state index in [1.165, 1.54) is 24.5 Å². The van der Waals surface area contributed by atoms with Crippen LogP contribution in [0, 0.1) is 0 Å². The number of carbonyl (C=O) groups excluding carboxylic acids is 1. The van der Waals surface area contributed by atoms with Crippen LogP contribution in [0.2, 0.25) is 0 Å². The number of carboxylic acids is 1. The number of phenols is 1. The van der Waals surface area contributed by atoms with Crippen LogP contribution in [-0.4, -0.2) is 27.2 Å². The quantitative estimate of drug-likeness (QED) is 0.755. The van der Waals surface area contributed by atoms with Gasteiger partial charge in [-0.05, 0) is 12.1 Å². The van der Waals surface area contributed by atoms with Crippen molar-refractivity contribution < 1.29 is 24.3 Å². The highest BCUT2D eigenvalue weighted by Crippen LogP contribution is 2.22. The normalized spacial score (nSPS) is 10.0. The summed E-state index contributed by atoms with van der Waals surface area (Å²) in [6, 6.07) is 5.07. The van der Waals surface area contributed by atoms with Gasteiger partial charge in [-0.15, -0.1) is 0 Å². The van der Waals surface area contributed by atoms with Gasteiger partial charge in [0.15, 0.2) is 5.69 Å². The Hall–Kier alpha value is -2.83. The molecule has 0 bridgehead atoms. The Kier molecular flexibility index (Phi) is 2.96. The molecule has 0 unspecified atom stereocenters. The number of carboxylic acid groups (broad SMARTS) is 1. The van der Waals surface area contributed by atoms with Gasteiger partial charge in [-0.1, -0.05) is 5.16 Å². The number of nitrogens with zero attached hydrogens (tertiary/aromatic N) is 1. The van der Waals surface area contributed by atoms with Crippen molar-refractivity contribution in [3.8, 4) is 5.75 Å². The molecule has 2 aromatic rings. The van der Waals surface area contributed by atoms with Crippen LogP contribution in [0.4, 0.5) is 5.69 Å². The van der Waals surface area contributed by atoms with E-state index in [1.807, 2.05) is 0 Å². The first kappa shape index (κ1) is 11.6. The second-order valence-corrected chi connectivity index (χ2v) is 3.38. The number of carbonyl (C=O) groups is 2. The Bertz CT molecular complexity index is 591. The maximum Gasteiger partial charge on any atom is 0.339 e. The molecule has 0 saturated heterocycles. The van der Waals surface area contributed by atoms with Crippen molar-refractivity contribution in [2.75, 3.05) is 5.32 Å². The minimum absolute atomic E-state index is 0.0804. The van der Waals surface area contributed by atoms with Gasteiger partial charge < -0.3 is 20.1 Å². The van der Waals surface area contributed by atoms with Gasteiger partial charge >= 0.3 is 5.97 Å². The minimum atomic E-state index is -1.25. The highest BCUT2D eigenvalue weighted by atomic mass is 16.5. The van der Waals surface area contributed by atoms with Gasteiger partial charge in [-0.25, -0.2) is 4.79 Å². The van der Waals surface area contributed by atoms with Gasteiger partial charge in [0.25, 0.3) is 5.91 Å². The van der Waals surface area contributed by atoms with Crippen LogP contribution in [0.15, 0.2) is 35.1 Å². The Morgan fingerprint density at radius 2 is 2.06 bits per heavy atom. The van der Waals surface area contributed by atoms with E-state index in [4.69, 9.17) is 5.11 Å². The molecule has 1 aromatic carbocycles. The van der Waals surface area contributed by atoms with E-state index in [0.29, 0.717) is 0 Å². The smallest absolute Gasteiger partial charge is 0.339 e. The number of rotatable bonds is 3. The summed E-state index contributed by atoms with van der Waals surface area (Å²) < 4.78 is 4.51. The Morgan fingerprint density at radius 3 is 2.61 bits per heavy atom. The molecular formula is C11H8N2O5. The lowest BCUT2D eigenvalue weighted by atomic mass is 10.2. The van der Waals surface area contributed by atoms with Crippen molar-refractivity contribution >= 4 is 17.6 Å². The SMILES string of the molecule is O=C(Nc1ccc(C(=O)O)c(O)c1)c1ccon1. The van der Waals surface area contributed by atoms with E-state index in [0.717, 1.165) is 6.07 Å². The third-order valence-corrected chi connectivity index (χ3v) is 2.16. The molecule has 0 aliphatic carbocycles. The van der Waals surface area contributed by atoms with Crippen LogP contribution < -0.4 is 5.32 Å². The molecule has 0 atom stereocenters. The lowest BCUT2D eigenvalue weighted by molar-refractivity contribution is 0.0693. The predicted octanol–water partition coefficient (Wildman–Crippen LogP) is 1.33. The molecule has 18 heavy (non-hydrogen) atoms. The van der Waals surface area contributed by atoms with Crippen molar-refractivity contribution in [1.82, 2.24) is 5.16 Å². The fraction of sp³-hybridized carbons (Fsp3) is 0. The third-order valence-electron chi connectivity index (χ3n) is 2.16. The second-order valence-electron chi connectivity index (χ2n) is 3.38. The summed E-state index contributed by atoms with van der Waals surface area (Å²) in [5.41, 5.74) is 0.0942. The van der Waals surface area contributed by atoms with Crippen molar-refractivity contribution in [2.45, 2.75) is 0 Å². The summed E-state index contributed by atoms with van der Waals surface area (Å²) in [6.45, 7) is 0. The van der Waals surface area contributed by atoms with Gasteiger partial charge in [0.1, 0.15) is 17.6 Å². The van der Waals surface area contributed by atoms with E-state index in [-0.39, 0.29) is 16.9 Å². The number of benzene rings is 1. The maximum atomic E-state index is 11.6. The zero-order valence-electron chi connectivity index (χ0n) is 8.95. The van der Waals surface area contributed by atoms with Crippen LogP contribution in [-0.2, 0) is 0 Å². The lowest BCUT2D eigenvalue weighted by Gasteiger charge is -2.05. The Morgan fingerprint density at radius 1 is 1.28 bits per heavy atom. The fourth-order valence-corrected chi connectivity index (χ4v) is 1.32. The summed E-state index contributed by atoms with van der Waals surface area (Å²) in [7, 11) is 0. The van der Waals surface area contributed by atoms with Gasteiger partial charge in [0.05, 0.1) is 0 Å². The summed E-state index contributed by atoms with van der Waals surface area (Å²) >= 11 is 0. The predicted molar refractivity (Wildman–Crippen MR) is 59.5 cm³/mol. The molecule has 3 N–H and O–H groups in total. The molecule has 7 nitrogen and oxygen atoms in total. The van der Waals surface area contributed by atoms with E-state index in [9.17, 15) is 14.7 Å². The summed E-state index contributed by atoms with van der Waals surface area (Å²) in [6.07, 6.45) is 1.25. The molecule has 92 valence electrons. The van der Waals surface area contributed by atoms with Gasteiger partial charge in [-0.2, -0.15) is 0 Å². The first-order chi connectivity index (χ1) is 8.58. The van der Waals surface area contributed by atoms with E-state index >= 15 is 0 Å². The number of amides is 1. The number of aromatic carboxylic acids is 1. The van der Waals surface area contributed by atoms with Crippen molar-refractivity contribution in [2.24, 2.45) is 0 Å². The van der Waals surface area contributed by atoms with E-state index in [1.54, 1.807) is 0 Å². The topological polar surface area (TPSA) is 113 Å². The first-order valence-corrected chi connectivity index (χ1v) is 4.86. The molecule has 0 aliphatic rings. The zero-order valence-corrected chi connectivity index (χ0v) is 8.95. The van der Waals surface area contributed by atoms with Crippen LogP contribution in [0.3, 0.4) is 0 Å². The Labute approximate surface area is 101 Å².